The largest absolute Gasteiger partial charge is 0.463 e. The van der Waals surface area contributed by atoms with E-state index >= 15 is 0 Å². The molecule has 0 bridgehead atoms. The van der Waals surface area contributed by atoms with Crippen LogP contribution in [0.2, 0.25) is 5.02 Å². The number of hydrogen-bond donors (Lipinski definition) is 1. The van der Waals surface area contributed by atoms with Gasteiger partial charge in [-0.25, -0.2) is 9.59 Å². The Morgan fingerprint density at radius 3 is 2.70 bits per heavy atom. The first-order valence-electron chi connectivity index (χ1n) is 8.38. The number of carbonyl (C=O) groups is 4. The number of urea groups is 1. The van der Waals surface area contributed by atoms with Crippen LogP contribution in [0.25, 0.3) is 6.08 Å². The van der Waals surface area contributed by atoms with E-state index < -0.39 is 23.9 Å². The number of imide groups is 1. The molecule has 1 aliphatic heterocycles. The number of ether oxygens (including phenoxy) is 2. The van der Waals surface area contributed by atoms with Crippen molar-refractivity contribution in [1.82, 2.24) is 10.2 Å². The van der Waals surface area contributed by atoms with Gasteiger partial charge in [0, 0.05) is 17.5 Å². The summed E-state index contributed by atoms with van der Waals surface area (Å²) < 4.78 is 15.4. The van der Waals surface area contributed by atoms with E-state index in [2.05, 4.69) is 26.0 Å². The molecule has 0 saturated carbocycles. The van der Waals surface area contributed by atoms with Crippen molar-refractivity contribution < 1.29 is 33.1 Å². The molecule has 0 spiro atoms. The molecule has 0 atom stereocenters. The van der Waals surface area contributed by atoms with Gasteiger partial charge < -0.3 is 19.2 Å². The lowest BCUT2D eigenvalue weighted by atomic mass is 10.1. The van der Waals surface area contributed by atoms with E-state index in [1.807, 2.05) is 0 Å². The fourth-order valence-electron chi connectivity index (χ4n) is 2.64. The molecule has 11 heteroatoms. The summed E-state index contributed by atoms with van der Waals surface area (Å²) in [6.45, 7) is 1.03. The molecule has 1 aromatic carbocycles. The van der Waals surface area contributed by atoms with E-state index in [1.165, 1.54) is 44.4 Å². The molecular weight excluding hydrogens is 484 g/mol. The van der Waals surface area contributed by atoms with Gasteiger partial charge >= 0.3 is 18.0 Å². The number of rotatable bonds is 5. The zero-order chi connectivity index (χ0) is 22.0. The Morgan fingerprint density at radius 1 is 1.30 bits per heavy atom. The van der Waals surface area contributed by atoms with Crippen molar-refractivity contribution in [2.45, 2.75) is 13.5 Å². The maximum atomic E-state index is 12.7. The van der Waals surface area contributed by atoms with E-state index in [4.69, 9.17) is 20.8 Å². The lowest BCUT2D eigenvalue weighted by Gasteiger charge is -2.10. The summed E-state index contributed by atoms with van der Waals surface area (Å²) in [5.41, 5.74) is 0.253. The van der Waals surface area contributed by atoms with Crippen LogP contribution in [-0.2, 0) is 20.9 Å². The van der Waals surface area contributed by atoms with Crippen LogP contribution in [0.4, 0.5) is 4.79 Å². The highest BCUT2D eigenvalue weighted by Crippen LogP contribution is 2.34. The highest BCUT2D eigenvalue weighted by molar-refractivity contribution is 9.10. The average Bonchev–Trinajstić information content (AvgIpc) is 3.24. The van der Waals surface area contributed by atoms with Crippen LogP contribution in [0, 0.1) is 0 Å². The van der Waals surface area contributed by atoms with Gasteiger partial charge in [0.1, 0.15) is 11.5 Å². The second kappa shape index (κ2) is 8.72. The summed E-state index contributed by atoms with van der Waals surface area (Å²) in [7, 11) is 1.21. The van der Waals surface area contributed by atoms with Gasteiger partial charge in [-0.1, -0.05) is 11.6 Å². The summed E-state index contributed by atoms with van der Waals surface area (Å²) >= 11 is 9.31. The number of benzene rings is 1. The highest BCUT2D eigenvalue weighted by Gasteiger charge is 2.34. The second-order valence-corrected chi connectivity index (χ2v) is 7.33. The molecule has 3 rings (SSSR count). The van der Waals surface area contributed by atoms with E-state index in [9.17, 15) is 19.2 Å². The molecule has 1 saturated heterocycles. The normalized spacial score (nSPS) is 14.8. The zero-order valence-electron chi connectivity index (χ0n) is 15.7. The van der Waals surface area contributed by atoms with Gasteiger partial charge in [0.15, 0.2) is 5.75 Å². The van der Waals surface area contributed by atoms with Crippen molar-refractivity contribution in [2.75, 3.05) is 7.11 Å². The molecule has 1 N–H and O–H groups in total. The molecule has 9 nitrogen and oxygen atoms in total. The molecule has 30 heavy (non-hydrogen) atoms. The van der Waals surface area contributed by atoms with E-state index in [-0.39, 0.29) is 29.5 Å². The third kappa shape index (κ3) is 4.55. The number of furan rings is 1. The van der Waals surface area contributed by atoms with Crippen LogP contribution < -0.4 is 10.1 Å². The Bertz CT molecular complexity index is 1090. The van der Waals surface area contributed by atoms with Gasteiger partial charge in [0.2, 0.25) is 5.76 Å². The Hall–Kier alpha value is -3.11. The average molecular weight is 498 g/mol. The molecule has 3 amide bonds. The van der Waals surface area contributed by atoms with Crippen molar-refractivity contribution in [3.63, 3.8) is 0 Å². The number of nitrogens with one attached hydrogen (secondary N) is 1. The van der Waals surface area contributed by atoms with Crippen molar-refractivity contribution in [2.24, 2.45) is 0 Å². The first-order chi connectivity index (χ1) is 14.2. The minimum absolute atomic E-state index is 0.0508. The molecule has 156 valence electrons. The standard InChI is InChI=1S/C19H14BrClN2O7/c1-9(24)29-16-10(5-11(21)7-13(16)20)6-14-17(25)23(19(27)22-14)8-12-3-4-15(30-12)18(26)28-2/h3-7H,8H2,1-2H3,(H,22,27)/b14-6-. The third-order valence-electron chi connectivity index (χ3n) is 3.91. The van der Waals surface area contributed by atoms with Gasteiger partial charge in [-0.3, -0.25) is 14.5 Å². The molecule has 2 heterocycles. The molecule has 0 radical (unpaired) electrons. The number of carbonyl (C=O) groups excluding carboxylic acids is 4. The Balaban J connectivity index is 1.87. The topological polar surface area (TPSA) is 115 Å². The lowest BCUT2D eigenvalue weighted by molar-refractivity contribution is -0.132. The van der Waals surface area contributed by atoms with E-state index in [1.54, 1.807) is 0 Å². The van der Waals surface area contributed by atoms with Gasteiger partial charge in [-0.15, -0.1) is 0 Å². The number of esters is 2. The van der Waals surface area contributed by atoms with Gasteiger partial charge in [0.05, 0.1) is 18.1 Å². The van der Waals surface area contributed by atoms with E-state index in [0.717, 1.165) is 4.90 Å². The molecule has 1 aliphatic rings. The van der Waals surface area contributed by atoms with Crippen molar-refractivity contribution in [1.29, 1.82) is 0 Å². The van der Waals surface area contributed by atoms with Crippen LogP contribution >= 0.6 is 27.5 Å². The number of amides is 3. The number of methoxy groups -OCH3 is 1. The van der Waals surface area contributed by atoms with Gasteiger partial charge in [0.25, 0.3) is 5.91 Å². The molecule has 1 aromatic heterocycles. The van der Waals surface area contributed by atoms with Crippen LogP contribution in [0.5, 0.6) is 5.75 Å². The quantitative estimate of drug-likeness (QED) is 0.291. The number of nitrogens with zero attached hydrogens (tertiary/aromatic N) is 1. The Morgan fingerprint density at radius 2 is 2.03 bits per heavy atom. The van der Waals surface area contributed by atoms with E-state index in [0.29, 0.717) is 15.1 Å². The molecule has 1 fully saturated rings. The number of halogens is 2. The maximum Gasteiger partial charge on any atom is 0.373 e. The van der Waals surface area contributed by atoms with Crippen molar-refractivity contribution >= 4 is 57.5 Å². The summed E-state index contributed by atoms with van der Waals surface area (Å²) in [6, 6.07) is 5.16. The summed E-state index contributed by atoms with van der Waals surface area (Å²) in [5.74, 6) is -1.57. The van der Waals surface area contributed by atoms with Crippen LogP contribution in [0.1, 0.15) is 28.8 Å². The van der Waals surface area contributed by atoms with Gasteiger partial charge in [-0.2, -0.15) is 0 Å². The predicted molar refractivity (Wildman–Crippen MR) is 108 cm³/mol. The molecular formula is C19H14BrClN2O7. The van der Waals surface area contributed by atoms with Crippen LogP contribution in [0.15, 0.2) is 38.9 Å². The minimum Gasteiger partial charge on any atom is -0.463 e. The maximum absolute atomic E-state index is 12.7. The fourth-order valence-corrected chi connectivity index (χ4v) is 3.55. The predicted octanol–water partition coefficient (Wildman–Crippen LogP) is 3.50. The van der Waals surface area contributed by atoms with Crippen molar-refractivity contribution in [3.05, 3.63) is 56.5 Å². The third-order valence-corrected chi connectivity index (χ3v) is 4.71. The minimum atomic E-state index is -0.683. The van der Waals surface area contributed by atoms with Crippen LogP contribution in [-0.4, -0.2) is 35.9 Å². The summed E-state index contributed by atoms with van der Waals surface area (Å²) in [4.78, 5) is 48.8. The summed E-state index contributed by atoms with van der Waals surface area (Å²) in [5, 5.41) is 2.77. The van der Waals surface area contributed by atoms with Gasteiger partial charge in [-0.05, 0) is 46.3 Å². The Kier molecular flexibility index (Phi) is 6.28. The fraction of sp³-hybridized carbons (Fsp3) is 0.158. The SMILES string of the molecule is COC(=O)c1ccc(CN2C(=O)N/C(=C\c3cc(Cl)cc(Br)c3OC(C)=O)C2=O)o1. The molecule has 2 aromatic rings. The first-order valence-corrected chi connectivity index (χ1v) is 9.55. The van der Waals surface area contributed by atoms with Crippen LogP contribution in [0.3, 0.4) is 0 Å². The Labute approximate surface area is 183 Å². The number of hydrogen-bond acceptors (Lipinski definition) is 7. The summed E-state index contributed by atoms with van der Waals surface area (Å²) in [6.07, 6.45) is 1.34. The molecule has 0 unspecified atom stereocenters. The van der Waals surface area contributed by atoms with Crippen molar-refractivity contribution in [3.8, 4) is 5.75 Å². The second-order valence-electron chi connectivity index (χ2n) is 6.04. The zero-order valence-corrected chi connectivity index (χ0v) is 18.0. The first kappa shape index (κ1) is 21.6. The molecule has 0 aliphatic carbocycles. The highest BCUT2D eigenvalue weighted by atomic mass is 79.9. The monoisotopic (exact) mass is 496 g/mol. The smallest absolute Gasteiger partial charge is 0.373 e. The lowest BCUT2D eigenvalue weighted by Crippen LogP contribution is -2.30.